The Kier molecular flexibility index (Phi) is 4.44. The molecule has 10 heteroatoms. The van der Waals surface area contributed by atoms with Crippen molar-refractivity contribution in [1.29, 1.82) is 0 Å². The van der Waals surface area contributed by atoms with Crippen LogP contribution in [-0.2, 0) is 0 Å². The fourth-order valence-electron chi connectivity index (χ4n) is 3.06. The van der Waals surface area contributed by atoms with Crippen molar-refractivity contribution in [2.75, 3.05) is 0 Å². The van der Waals surface area contributed by atoms with Crippen LogP contribution in [0.4, 0.5) is 22.0 Å². The number of hydrogen-bond donors (Lipinski definition) is 0. The summed E-state index contributed by atoms with van der Waals surface area (Å²) in [6.07, 6.45) is -7.12. The van der Waals surface area contributed by atoms with E-state index >= 15 is 0 Å². The van der Waals surface area contributed by atoms with Crippen molar-refractivity contribution in [2.45, 2.75) is 19.6 Å². The summed E-state index contributed by atoms with van der Waals surface area (Å²) >= 11 is 0. The molecular formula is C20H12F5NO4. The van der Waals surface area contributed by atoms with Gasteiger partial charge in [0.2, 0.25) is 0 Å². The van der Waals surface area contributed by atoms with Gasteiger partial charge in [-0.05, 0) is 54.4 Å². The molecule has 30 heavy (non-hydrogen) atoms. The van der Waals surface area contributed by atoms with Crippen molar-refractivity contribution in [1.82, 2.24) is 4.57 Å². The summed E-state index contributed by atoms with van der Waals surface area (Å²) in [6, 6.07) is 10.3. The lowest BCUT2D eigenvalue weighted by molar-refractivity contribution is -0.286. The number of ether oxygens (including phenoxy) is 3. The van der Waals surface area contributed by atoms with Crippen molar-refractivity contribution in [3.63, 3.8) is 0 Å². The van der Waals surface area contributed by atoms with Gasteiger partial charge in [-0.15, -0.1) is 22.0 Å². The van der Waals surface area contributed by atoms with Crippen molar-refractivity contribution in [2.24, 2.45) is 0 Å². The van der Waals surface area contributed by atoms with Gasteiger partial charge in [-0.2, -0.15) is 0 Å². The quantitative estimate of drug-likeness (QED) is 0.553. The highest BCUT2D eigenvalue weighted by molar-refractivity contribution is 5.70. The molecule has 0 spiro atoms. The molecular weight excluding hydrogens is 413 g/mol. The van der Waals surface area contributed by atoms with E-state index in [1.807, 2.05) is 0 Å². The molecule has 0 amide bonds. The van der Waals surface area contributed by atoms with Crippen molar-refractivity contribution in [3.05, 3.63) is 70.6 Å². The third kappa shape index (κ3) is 3.93. The van der Waals surface area contributed by atoms with E-state index in [4.69, 9.17) is 0 Å². The van der Waals surface area contributed by atoms with E-state index < -0.39 is 24.0 Å². The highest BCUT2D eigenvalue weighted by Gasteiger charge is 2.43. The molecule has 0 aliphatic carbocycles. The second-order valence-electron chi connectivity index (χ2n) is 6.45. The predicted octanol–water partition coefficient (Wildman–Crippen LogP) is 5.03. The smallest absolute Gasteiger partial charge is 0.406 e. The van der Waals surface area contributed by atoms with E-state index in [1.54, 1.807) is 6.92 Å². The first-order chi connectivity index (χ1) is 14.0. The largest absolute Gasteiger partial charge is 0.586 e. The molecule has 156 valence electrons. The van der Waals surface area contributed by atoms with Crippen molar-refractivity contribution < 1.29 is 36.2 Å². The number of pyridine rings is 1. The Balaban J connectivity index is 1.72. The molecule has 2 aromatic carbocycles. The Morgan fingerprint density at radius 2 is 1.63 bits per heavy atom. The highest BCUT2D eigenvalue weighted by Crippen LogP contribution is 2.43. The molecule has 5 nitrogen and oxygen atoms in total. The first-order valence-electron chi connectivity index (χ1n) is 8.50. The average molecular weight is 425 g/mol. The summed E-state index contributed by atoms with van der Waals surface area (Å²) in [5.41, 5.74) is 1.46. The number of alkyl halides is 5. The molecule has 0 fully saturated rings. The average Bonchev–Trinajstić information content (AvgIpc) is 2.94. The number of rotatable bonds is 3. The van der Waals surface area contributed by atoms with Gasteiger partial charge in [-0.3, -0.25) is 9.36 Å². The number of aromatic nitrogens is 1. The summed E-state index contributed by atoms with van der Waals surface area (Å²) in [6.45, 7) is 1.67. The van der Waals surface area contributed by atoms with E-state index in [-0.39, 0.29) is 11.5 Å². The zero-order valence-corrected chi connectivity index (χ0v) is 15.2. The minimum atomic E-state index is -4.83. The molecule has 3 aromatic rings. The van der Waals surface area contributed by atoms with Crippen molar-refractivity contribution >= 4 is 0 Å². The maximum Gasteiger partial charge on any atom is 0.586 e. The predicted molar refractivity (Wildman–Crippen MR) is 95.1 cm³/mol. The van der Waals surface area contributed by atoms with Gasteiger partial charge in [0.25, 0.3) is 5.56 Å². The monoisotopic (exact) mass is 425 g/mol. The third-order valence-corrected chi connectivity index (χ3v) is 4.32. The minimum absolute atomic E-state index is 0.116. The van der Waals surface area contributed by atoms with Crippen LogP contribution in [0.5, 0.6) is 17.2 Å². The summed E-state index contributed by atoms with van der Waals surface area (Å²) in [7, 11) is 0. The Morgan fingerprint density at radius 1 is 0.967 bits per heavy atom. The van der Waals surface area contributed by atoms with Crippen LogP contribution in [0.2, 0.25) is 0 Å². The Labute approximate surface area is 165 Å². The number of hydrogen-bond acceptors (Lipinski definition) is 4. The van der Waals surface area contributed by atoms with Gasteiger partial charge in [0, 0.05) is 23.5 Å². The lowest BCUT2D eigenvalue weighted by atomic mass is 10.0. The maximum atomic E-state index is 13.3. The van der Waals surface area contributed by atoms with Gasteiger partial charge in [-0.25, -0.2) is 0 Å². The Bertz CT molecular complexity index is 1170. The van der Waals surface area contributed by atoms with Crippen LogP contribution in [0, 0.1) is 6.92 Å². The number of halogens is 5. The standard InChI is InChI=1S/C20H12F5NO4/c1-11-8-18(27)26(13-3-5-14(6-4-13)28-19(21,22)23)10-15(11)12-2-7-16-17(9-12)30-20(24,25)29-16/h2-10H,1H3. The van der Waals surface area contributed by atoms with Crippen LogP contribution < -0.4 is 19.8 Å². The Hall–Kier alpha value is -3.56. The maximum absolute atomic E-state index is 13.3. The van der Waals surface area contributed by atoms with Crippen LogP contribution in [-0.4, -0.2) is 17.2 Å². The molecule has 0 bridgehead atoms. The number of fused-ring (bicyclic) bond motifs is 1. The fourth-order valence-corrected chi connectivity index (χ4v) is 3.06. The minimum Gasteiger partial charge on any atom is -0.406 e. The van der Waals surface area contributed by atoms with Gasteiger partial charge in [0.15, 0.2) is 11.5 Å². The van der Waals surface area contributed by atoms with Crippen LogP contribution in [0.3, 0.4) is 0 Å². The Morgan fingerprint density at radius 3 is 2.30 bits per heavy atom. The summed E-state index contributed by atoms with van der Waals surface area (Å²) in [4.78, 5) is 12.4. The van der Waals surface area contributed by atoms with Gasteiger partial charge >= 0.3 is 12.7 Å². The normalized spacial score (nSPS) is 14.6. The third-order valence-electron chi connectivity index (χ3n) is 4.32. The molecule has 1 aromatic heterocycles. The molecule has 1 aliphatic heterocycles. The number of benzene rings is 2. The lowest BCUT2D eigenvalue weighted by Gasteiger charge is -2.13. The fraction of sp³-hybridized carbons (Fsp3) is 0.150. The summed E-state index contributed by atoms with van der Waals surface area (Å²) in [5.74, 6) is -0.693. The van der Waals surface area contributed by atoms with Crippen LogP contribution in [0.1, 0.15) is 5.56 Å². The molecule has 0 saturated carbocycles. The molecule has 0 saturated heterocycles. The first kappa shape index (κ1) is 19.7. The van der Waals surface area contributed by atoms with Gasteiger partial charge < -0.3 is 14.2 Å². The van der Waals surface area contributed by atoms with E-state index in [9.17, 15) is 26.7 Å². The van der Waals surface area contributed by atoms with E-state index in [0.29, 0.717) is 22.4 Å². The van der Waals surface area contributed by atoms with Gasteiger partial charge in [-0.1, -0.05) is 6.07 Å². The molecule has 4 rings (SSSR count). The van der Waals surface area contributed by atoms with E-state index in [1.165, 1.54) is 47.2 Å². The molecule has 0 radical (unpaired) electrons. The molecule has 1 aliphatic rings. The van der Waals surface area contributed by atoms with Crippen LogP contribution in [0.15, 0.2) is 59.5 Å². The second kappa shape index (κ2) is 6.75. The first-order valence-corrected chi connectivity index (χ1v) is 8.50. The SMILES string of the molecule is Cc1cc(=O)n(-c2ccc(OC(F)(F)F)cc2)cc1-c1ccc2c(c1)OC(F)(F)O2. The summed E-state index contributed by atoms with van der Waals surface area (Å²) in [5, 5.41) is 0. The zero-order valence-electron chi connectivity index (χ0n) is 15.2. The van der Waals surface area contributed by atoms with Crippen molar-refractivity contribution in [3.8, 4) is 34.1 Å². The van der Waals surface area contributed by atoms with E-state index in [0.717, 1.165) is 12.1 Å². The van der Waals surface area contributed by atoms with Crippen LogP contribution >= 0.6 is 0 Å². The van der Waals surface area contributed by atoms with Gasteiger partial charge in [0.1, 0.15) is 5.75 Å². The highest BCUT2D eigenvalue weighted by atomic mass is 19.4. The number of nitrogens with zero attached hydrogens (tertiary/aromatic N) is 1. The second-order valence-corrected chi connectivity index (χ2v) is 6.45. The van der Waals surface area contributed by atoms with Crippen LogP contribution in [0.25, 0.3) is 16.8 Å². The zero-order chi connectivity index (χ0) is 21.7. The van der Waals surface area contributed by atoms with Gasteiger partial charge in [0.05, 0.1) is 0 Å². The molecule has 0 N–H and O–H groups in total. The topological polar surface area (TPSA) is 49.7 Å². The summed E-state index contributed by atoms with van der Waals surface area (Å²) < 4.78 is 77.3. The molecule has 0 atom stereocenters. The molecule has 2 heterocycles. The van der Waals surface area contributed by atoms with E-state index in [2.05, 4.69) is 14.2 Å². The lowest BCUT2D eigenvalue weighted by Crippen LogP contribution is -2.25. The number of aryl methyl sites for hydroxylation is 1. The molecule has 0 unspecified atom stereocenters.